The van der Waals surface area contributed by atoms with Crippen molar-refractivity contribution in [1.29, 1.82) is 0 Å². The fourth-order valence-corrected chi connectivity index (χ4v) is 5.02. The Balaban J connectivity index is 1.58. The molecule has 0 aliphatic carbocycles. The van der Waals surface area contributed by atoms with E-state index < -0.39 is 0 Å². The minimum Gasteiger partial charge on any atom is -0.338 e. The highest BCUT2D eigenvalue weighted by Crippen LogP contribution is 2.37. The fraction of sp³-hybridized carbons (Fsp3) is 0.391. The second-order valence-electron chi connectivity index (χ2n) is 7.47. The van der Waals surface area contributed by atoms with E-state index in [4.69, 9.17) is 0 Å². The van der Waals surface area contributed by atoms with Gasteiger partial charge in [0, 0.05) is 49.0 Å². The summed E-state index contributed by atoms with van der Waals surface area (Å²) < 4.78 is 2.38. The molecule has 1 aliphatic heterocycles. The maximum absolute atomic E-state index is 3.44. The van der Waals surface area contributed by atoms with Crippen LogP contribution in [-0.4, -0.2) is 42.2 Å². The van der Waals surface area contributed by atoms with Crippen molar-refractivity contribution in [3.05, 3.63) is 59.7 Å². The fourth-order valence-electron chi connectivity index (χ4n) is 3.95. The Hall–Kier alpha value is -1.75. The molecular weight excluding hydrogens is 350 g/mol. The van der Waals surface area contributed by atoms with Crippen molar-refractivity contribution in [3.63, 3.8) is 0 Å². The number of aryl methyl sites for hydroxylation is 3. The number of nitrogens with zero attached hydrogens (tertiary/aromatic N) is 2. The molecule has 0 atom stereocenters. The molecule has 3 aromatic rings. The van der Waals surface area contributed by atoms with Gasteiger partial charge in [-0.1, -0.05) is 47.7 Å². The van der Waals surface area contributed by atoms with Gasteiger partial charge >= 0.3 is 0 Å². The van der Waals surface area contributed by atoms with Crippen LogP contribution in [0.5, 0.6) is 0 Å². The van der Waals surface area contributed by atoms with Gasteiger partial charge in [0.1, 0.15) is 0 Å². The van der Waals surface area contributed by atoms with E-state index in [0.717, 1.165) is 19.5 Å². The number of hydrogen-bond donors (Lipinski definition) is 1. The molecular formula is C23H29N3S. The molecule has 0 spiro atoms. The lowest BCUT2D eigenvalue weighted by atomic mass is 10.1. The van der Waals surface area contributed by atoms with E-state index >= 15 is 0 Å². The Kier molecular flexibility index (Phi) is 5.86. The molecule has 2 heterocycles. The second-order valence-corrected chi connectivity index (χ2v) is 8.53. The summed E-state index contributed by atoms with van der Waals surface area (Å²) in [4.78, 5) is 3.91. The van der Waals surface area contributed by atoms with Crippen molar-refractivity contribution >= 4 is 22.7 Å². The van der Waals surface area contributed by atoms with Crippen LogP contribution >= 0.6 is 11.8 Å². The third kappa shape index (κ3) is 4.23. The summed E-state index contributed by atoms with van der Waals surface area (Å²) in [6.07, 6.45) is 2.36. The Labute approximate surface area is 166 Å². The largest absolute Gasteiger partial charge is 0.338 e. The van der Waals surface area contributed by atoms with Crippen LogP contribution in [-0.2, 0) is 13.5 Å². The third-order valence-corrected chi connectivity index (χ3v) is 6.72. The molecule has 3 nitrogen and oxygen atoms in total. The lowest BCUT2D eigenvalue weighted by Crippen LogP contribution is -2.43. The highest BCUT2D eigenvalue weighted by Gasteiger charge is 2.17. The molecule has 1 aliphatic rings. The first-order chi connectivity index (χ1) is 13.2. The average Bonchev–Trinajstić information content (AvgIpc) is 2.97. The minimum absolute atomic E-state index is 1.13. The number of aromatic nitrogens is 1. The van der Waals surface area contributed by atoms with E-state index in [9.17, 15) is 0 Å². The van der Waals surface area contributed by atoms with Crippen LogP contribution in [0.4, 0.5) is 0 Å². The second kappa shape index (κ2) is 8.51. The van der Waals surface area contributed by atoms with Crippen molar-refractivity contribution < 1.29 is 0 Å². The zero-order valence-electron chi connectivity index (χ0n) is 16.4. The summed E-state index contributed by atoms with van der Waals surface area (Å²) in [7, 11) is 2.21. The van der Waals surface area contributed by atoms with Gasteiger partial charge in [0.2, 0.25) is 0 Å². The molecule has 1 aromatic heterocycles. The molecule has 1 N–H and O–H groups in total. The highest BCUT2D eigenvalue weighted by molar-refractivity contribution is 7.99. The van der Waals surface area contributed by atoms with E-state index in [1.165, 1.54) is 58.0 Å². The van der Waals surface area contributed by atoms with E-state index in [0.29, 0.717) is 0 Å². The van der Waals surface area contributed by atoms with E-state index in [1.54, 1.807) is 0 Å². The third-order valence-electron chi connectivity index (χ3n) is 5.50. The Morgan fingerprint density at radius 3 is 2.52 bits per heavy atom. The molecule has 0 bridgehead atoms. The smallest absolute Gasteiger partial charge is 0.0837 e. The van der Waals surface area contributed by atoms with Gasteiger partial charge in [0.15, 0.2) is 0 Å². The molecule has 142 valence electrons. The summed E-state index contributed by atoms with van der Waals surface area (Å²) in [6, 6.07) is 17.7. The lowest BCUT2D eigenvalue weighted by molar-refractivity contribution is 0.238. The van der Waals surface area contributed by atoms with Gasteiger partial charge in [-0.15, -0.1) is 0 Å². The molecule has 1 fully saturated rings. The maximum atomic E-state index is 3.44. The van der Waals surface area contributed by atoms with Crippen molar-refractivity contribution in [2.24, 2.45) is 7.05 Å². The van der Waals surface area contributed by atoms with Crippen LogP contribution in [0.3, 0.4) is 0 Å². The standard InChI is InChI=1S/C23H29N3S/c1-18-9-11-19(12-10-18)27-23-21(7-5-15-26-16-13-24-14-17-26)20-6-3-4-8-22(20)25(23)2/h3-4,6,8-12,24H,5,7,13-17H2,1-2H3. The molecule has 4 rings (SSSR count). The van der Waals surface area contributed by atoms with Crippen LogP contribution in [0.15, 0.2) is 58.5 Å². The Morgan fingerprint density at radius 1 is 1.00 bits per heavy atom. The van der Waals surface area contributed by atoms with Crippen LogP contribution < -0.4 is 5.32 Å². The molecule has 0 radical (unpaired) electrons. The molecule has 4 heteroatoms. The number of fused-ring (bicyclic) bond motifs is 1. The quantitative estimate of drug-likeness (QED) is 0.682. The van der Waals surface area contributed by atoms with Crippen molar-refractivity contribution in [1.82, 2.24) is 14.8 Å². The first kappa shape index (κ1) is 18.6. The molecule has 0 saturated carbocycles. The number of rotatable bonds is 6. The Morgan fingerprint density at radius 2 is 1.74 bits per heavy atom. The predicted molar refractivity (Wildman–Crippen MR) is 116 cm³/mol. The summed E-state index contributed by atoms with van der Waals surface area (Å²) >= 11 is 1.90. The highest BCUT2D eigenvalue weighted by atomic mass is 32.2. The molecule has 2 aromatic carbocycles. The van der Waals surface area contributed by atoms with Gasteiger partial charge in [0.05, 0.1) is 5.03 Å². The van der Waals surface area contributed by atoms with Gasteiger partial charge in [-0.25, -0.2) is 0 Å². The molecule has 0 unspecified atom stereocenters. The first-order valence-corrected chi connectivity index (χ1v) is 10.8. The van der Waals surface area contributed by atoms with Gasteiger partial charge in [-0.05, 0) is 50.1 Å². The number of hydrogen-bond acceptors (Lipinski definition) is 3. The first-order valence-electron chi connectivity index (χ1n) is 9.96. The van der Waals surface area contributed by atoms with Gasteiger partial charge in [-0.2, -0.15) is 0 Å². The number of benzene rings is 2. The summed E-state index contributed by atoms with van der Waals surface area (Å²) in [5, 5.41) is 6.24. The Bertz CT molecular complexity index is 892. The normalized spacial score (nSPS) is 15.5. The predicted octanol–water partition coefficient (Wildman–Crippen LogP) is 4.48. The van der Waals surface area contributed by atoms with Crippen LogP contribution in [0, 0.1) is 6.92 Å². The van der Waals surface area contributed by atoms with Gasteiger partial charge in [0.25, 0.3) is 0 Å². The SMILES string of the molecule is Cc1ccc(Sc2c(CCCN3CCNCC3)c3ccccc3n2C)cc1. The zero-order chi connectivity index (χ0) is 18.6. The minimum atomic E-state index is 1.13. The monoisotopic (exact) mass is 379 g/mol. The topological polar surface area (TPSA) is 20.2 Å². The van der Waals surface area contributed by atoms with Crippen molar-refractivity contribution in [3.8, 4) is 0 Å². The summed E-state index contributed by atoms with van der Waals surface area (Å²) in [5.41, 5.74) is 4.16. The number of nitrogens with one attached hydrogen (secondary N) is 1. The zero-order valence-corrected chi connectivity index (χ0v) is 17.2. The maximum Gasteiger partial charge on any atom is 0.0837 e. The van der Waals surface area contributed by atoms with E-state index in [2.05, 4.69) is 77.3 Å². The summed E-state index contributed by atoms with van der Waals surface area (Å²) in [5.74, 6) is 0. The number of piperazine rings is 1. The number of para-hydroxylation sites is 1. The van der Waals surface area contributed by atoms with Crippen LogP contribution in [0.1, 0.15) is 17.5 Å². The molecule has 1 saturated heterocycles. The van der Waals surface area contributed by atoms with Gasteiger partial charge < -0.3 is 14.8 Å². The molecule has 0 amide bonds. The van der Waals surface area contributed by atoms with E-state index in [-0.39, 0.29) is 0 Å². The van der Waals surface area contributed by atoms with Gasteiger partial charge in [-0.3, -0.25) is 0 Å². The van der Waals surface area contributed by atoms with Crippen LogP contribution in [0.2, 0.25) is 0 Å². The lowest BCUT2D eigenvalue weighted by Gasteiger charge is -2.27. The summed E-state index contributed by atoms with van der Waals surface area (Å²) in [6.45, 7) is 7.96. The van der Waals surface area contributed by atoms with Crippen LogP contribution in [0.25, 0.3) is 10.9 Å². The average molecular weight is 380 g/mol. The van der Waals surface area contributed by atoms with Crippen molar-refractivity contribution in [2.75, 3.05) is 32.7 Å². The molecule has 27 heavy (non-hydrogen) atoms. The van der Waals surface area contributed by atoms with Crippen molar-refractivity contribution in [2.45, 2.75) is 29.7 Å². The van der Waals surface area contributed by atoms with E-state index in [1.807, 2.05) is 11.8 Å².